The van der Waals surface area contributed by atoms with E-state index < -0.39 is 11.9 Å². The number of carbonyl (C=O) groups is 2. The normalized spacial score (nSPS) is 24.9. The molecule has 0 radical (unpaired) electrons. The molecule has 1 spiro atoms. The third-order valence-corrected chi connectivity index (χ3v) is 10.3. The van der Waals surface area contributed by atoms with Crippen molar-refractivity contribution in [2.45, 2.75) is 57.0 Å². The Hall–Kier alpha value is -3.92. The van der Waals surface area contributed by atoms with Crippen LogP contribution in [0.1, 0.15) is 51.0 Å². The van der Waals surface area contributed by atoms with Crippen molar-refractivity contribution in [3.63, 3.8) is 0 Å². The van der Waals surface area contributed by atoms with Crippen LogP contribution in [0.3, 0.4) is 0 Å². The molecule has 1 saturated carbocycles. The second-order valence-corrected chi connectivity index (χ2v) is 12.6. The number of benzene rings is 2. The van der Waals surface area contributed by atoms with Crippen molar-refractivity contribution in [2.24, 2.45) is 5.41 Å². The molecular formula is C32H39N7O3. The fourth-order valence-corrected chi connectivity index (χ4v) is 7.70. The van der Waals surface area contributed by atoms with Gasteiger partial charge in [-0.25, -0.2) is 4.68 Å². The topological polar surface area (TPSA) is 117 Å². The number of nitrogen functional groups attached to an aromatic ring is 1. The van der Waals surface area contributed by atoms with E-state index in [0.29, 0.717) is 16.8 Å². The van der Waals surface area contributed by atoms with Crippen LogP contribution < -0.4 is 26.4 Å². The SMILES string of the molecule is Nc1ccc(N2CCN(C3CCC4(CCN(c5ccc6c(=O)n(C7CCC(=O)NC7=O)ncc6c5)CC4)C3)CC2)cc1. The second-order valence-electron chi connectivity index (χ2n) is 12.6. The van der Waals surface area contributed by atoms with Gasteiger partial charge in [-0.1, -0.05) is 0 Å². The summed E-state index contributed by atoms with van der Waals surface area (Å²) >= 11 is 0. The maximum atomic E-state index is 13.2. The van der Waals surface area contributed by atoms with Gasteiger partial charge in [0.2, 0.25) is 5.91 Å². The molecule has 0 bridgehead atoms. The summed E-state index contributed by atoms with van der Waals surface area (Å²) < 4.78 is 1.22. The molecule has 3 aromatic rings. The lowest BCUT2D eigenvalue weighted by Crippen LogP contribution is -2.50. The first kappa shape index (κ1) is 26.9. The molecule has 42 heavy (non-hydrogen) atoms. The van der Waals surface area contributed by atoms with Crippen LogP contribution in [0.25, 0.3) is 10.8 Å². The van der Waals surface area contributed by atoms with Crippen LogP contribution in [0.2, 0.25) is 0 Å². The summed E-state index contributed by atoms with van der Waals surface area (Å²) in [5.41, 5.74) is 9.21. The van der Waals surface area contributed by atoms with Crippen molar-refractivity contribution in [2.75, 3.05) is 54.8 Å². The van der Waals surface area contributed by atoms with E-state index in [1.54, 1.807) is 6.20 Å². The maximum Gasteiger partial charge on any atom is 0.275 e. The van der Waals surface area contributed by atoms with E-state index in [0.717, 1.165) is 56.0 Å². The van der Waals surface area contributed by atoms with E-state index >= 15 is 0 Å². The van der Waals surface area contributed by atoms with Gasteiger partial charge in [0.15, 0.2) is 0 Å². The number of rotatable bonds is 4. The van der Waals surface area contributed by atoms with Gasteiger partial charge in [-0.2, -0.15) is 5.10 Å². The van der Waals surface area contributed by atoms with Gasteiger partial charge in [0.05, 0.1) is 11.6 Å². The number of nitrogens with two attached hydrogens (primary N) is 1. The number of imide groups is 1. The number of nitrogens with zero attached hydrogens (tertiary/aromatic N) is 5. The lowest BCUT2D eigenvalue weighted by molar-refractivity contribution is -0.136. The van der Waals surface area contributed by atoms with Gasteiger partial charge in [0.1, 0.15) is 6.04 Å². The minimum atomic E-state index is -0.750. The zero-order valence-corrected chi connectivity index (χ0v) is 24.0. The number of amides is 2. The summed E-state index contributed by atoms with van der Waals surface area (Å²) in [4.78, 5) is 44.6. The molecule has 2 unspecified atom stereocenters. The predicted octanol–water partition coefficient (Wildman–Crippen LogP) is 2.92. The molecule has 3 aliphatic heterocycles. The summed E-state index contributed by atoms with van der Waals surface area (Å²) in [7, 11) is 0. The standard InChI is InChI=1S/C32H39N7O3/c33-23-1-3-24(4-2-23)37-15-17-38(18-16-37)26-9-10-32(20-26)11-13-36(14-12-32)25-5-6-27-22(19-25)21-34-39(31(27)42)28-7-8-29(40)35-30(28)41/h1-6,19,21,26,28H,7-18,20,33H2,(H,35,40,41). The van der Waals surface area contributed by atoms with Crippen molar-refractivity contribution in [3.8, 4) is 0 Å². The van der Waals surface area contributed by atoms with E-state index in [1.807, 2.05) is 24.3 Å². The fraction of sp³-hybridized carbons (Fsp3) is 0.500. The lowest BCUT2D eigenvalue weighted by Gasteiger charge is -2.42. The molecule has 2 amide bonds. The zero-order chi connectivity index (χ0) is 28.8. The Morgan fingerprint density at radius 1 is 0.833 bits per heavy atom. The number of piperazine rings is 1. The average molecular weight is 570 g/mol. The number of carbonyl (C=O) groups excluding carboxylic acids is 2. The highest BCUT2D eigenvalue weighted by Crippen LogP contribution is 2.48. The first-order valence-corrected chi connectivity index (χ1v) is 15.3. The first-order chi connectivity index (χ1) is 20.4. The summed E-state index contributed by atoms with van der Waals surface area (Å²) in [5, 5.41) is 7.96. The molecule has 4 aliphatic rings. The Morgan fingerprint density at radius 3 is 2.29 bits per heavy atom. The molecule has 4 heterocycles. The Bertz CT molecular complexity index is 1550. The third kappa shape index (κ3) is 5.02. The molecule has 10 heteroatoms. The molecule has 3 saturated heterocycles. The molecule has 220 valence electrons. The van der Waals surface area contributed by atoms with E-state index in [2.05, 4.69) is 43.3 Å². The smallest absolute Gasteiger partial charge is 0.275 e. The Labute approximate surface area is 245 Å². The van der Waals surface area contributed by atoms with Gasteiger partial charge in [0.25, 0.3) is 11.5 Å². The van der Waals surface area contributed by atoms with Crippen molar-refractivity contribution < 1.29 is 9.59 Å². The van der Waals surface area contributed by atoms with Gasteiger partial charge >= 0.3 is 0 Å². The first-order valence-electron chi connectivity index (χ1n) is 15.3. The van der Waals surface area contributed by atoms with Crippen LogP contribution in [-0.2, 0) is 9.59 Å². The molecule has 1 aliphatic carbocycles. The quantitative estimate of drug-likeness (QED) is 0.364. The maximum absolute atomic E-state index is 13.2. The Balaban J connectivity index is 0.963. The van der Waals surface area contributed by atoms with Crippen molar-refractivity contribution >= 4 is 39.6 Å². The van der Waals surface area contributed by atoms with Gasteiger partial charge in [-0.3, -0.25) is 24.6 Å². The minimum absolute atomic E-state index is 0.208. The van der Waals surface area contributed by atoms with Crippen LogP contribution in [0.5, 0.6) is 0 Å². The third-order valence-electron chi connectivity index (χ3n) is 10.3. The number of anilines is 3. The van der Waals surface area contributed by atoms with Crippen LogP contribution in [0, 0.1) is 5.41 Å². The molecule has 7 rings (SSSR count). The van der Waals surface area contributed by atoms with Gasteiger partial charge in [-0.15, -0.1) is 0 Å². The number of nitrogens with one attached hydrogen (secondary N) is 1. The molecule has 3 N–H and O–H groups in total. The molecule has 4 fully saturated rings. The Kier molecular flexibility index (Phi) is 6.88. The van der Waals surface area contributed by atoms with Crippen molar-refractivity contribution in [3.05, 3.63) is 59.0 Å². The van der Waals surface area contributed by atoms with Crippen molar-refractivity contribution in [1.82, 2.24) is 20.0 Å². The van der Waals surface area contributed by atoms with Crippen LogP contribution in [0.15, 0.2) is 53.5 Å². The fourth-order valence-electron chi connectivity index (χ4n) is 7.70. The van der Waals surface area contributed by atoms with Crippen LogP contribution in [0.4, 0.5) is 17.1 Å². The van der Waals surface area contributed by atoms with Crippen LogP contribution >= 0.6 is 0 Å². The minimum Gasteiger partial charge on any atom is -0.399 e. The monoisotopic (exact) mass is 569 g/mol. The average Bonchev–Trinajstić information content (AvgIpc) is 3.42. The summed E-state index contributed by atoms with van der Waals surface area (Å²) in [6.45, 7) is 6.41. The summed E-state index contributed by atoms with van der Waals surface area (Å²) in [6, 6.07) is 14.1. The van der Waals surface area contributed by atoms with E-state index in [1.165, 1.54) is 42.5 Å². The largest absolute Gasteiger partial charge is 0.399 e. The second kappa shape index (κ2) is 10.7. The molecule has 1 aromatic heterocycles. The highest BCUT2D eigenvalue weighted by atomic mass is 16.2. The molecule has 2 aromatic carbocycles. The van der Waals surface area contributed by atoms with Crippen LogP contribution in [-0.4, -0.2) is 71.8 Å². The van der Waals surface area contributed by atoms with E-state index in [9.17, 15) is 14.4 Å². The predicted molar refractivity (Wildman–Crippen MR) is 164 cm³/mol. The number of aromatic nitrogens is 2. The number of fused-ring (bicyclic) bond motifs is 1. The van der Waals surface area contributed by atoms with Crippen molar-refractivity contribution in [1.29, 1.82) is 0 Å². The van der Waals surface area contributed by atoms with Gasteiger partial charge in [0, 0.05) is 74.2 Å². The number of hydrogen-bond donors (Lipinski definition) is 2. The van der Waals surface area contributed by atoms with E-state index in [-0.39, 0.29) is 24.3 Å². The Morgan fingerprint density at radius 2 is 1.55 bits per heavy atom. The lowest BCUT2D eigenvalue weighted by atomic mass is 9.76. The van der Waals surface area contributed by atoms with E-state index in [4.69, 9.17) is 5.73 Å². The summed E-state index contributed by atoms with van der Waals surface area (Å²) in [5.74, 6) is -0.770. The summed E-state index contributed by atoms with van der Waals surface area (Å²) in [6.07, 6.45) is 8.46. The highest BCUT2D eigenvalue weighted by Gasteiger charge is 2.43. The molecular weight excluding hydrogens is 530 g/mol. The zero-order valence-electron chi connectivity index (χ0n) is 24.0. The number of piperidine rings is 2. The number of hydrogen-bond acceptors (Lipinski definition) is 8. The molecule has 10 nitrogen and oxygen atoms in total. The van der Waals surface area contributed by atoms with Gasteiger partial charge < -0.3 is 15.5 Å². The van der Waals surface area contributed by atoms with Gasteiger partial charge in [-0.05, 0) is 86.4 Å². The molecule has 2 atom stereocenters. The highest BCUT2D eigenvalue weighted by molar-refractivity contribution is 5.99.